The number of nitrogens with zero attached hydrogens (tertiary/aromatic N) is 3. The molecular formula is C28H27N3. The first kappa shape index (κ1) is 18.3. The Labute approximate surface area is 184 Å². The number of hydrogen-bond acceptors (Lipinski definition) is 3. The van der Waals surface area contributed by atoms with E-state index in [1.807, 2.05) is 0 Å². The lowest BCUT2D eigenvalue weighted by atomic mass is 9.86. The lowest BCUT2D eigenvalue weighted by Gasteiger charge is -2.36. The summed E-state index contributed by atoms with van der Waals surface area (Å²) in [5, 5.41) is 0. The minimum Gasteiger partial charge on any atom is -0.353 e. The van der Waals surface area contributed by atoms with Crippen LogP contribution in [0.15, 0.2) is 102 Å². The Morgan fingerprint density at radius 1 is 0.677 bits per heavy atom. The molecule has 3 atom stereocenters. The zero-order chi connectivity index (χ0) is 21.1. The second-order valence-electron chi connectivity index (χ2n) is 8.78. The molecule has 3 nitrogen and oxygen atoms in total. The van der Waals surface area contributed by atoms with Crippen LogP contribution in [0.25, 0.3) is 0 Å². The van der Waals surface area contributed by atoms with Crippen LogP contribution < -0.4 is 14.7 Å². The van der Waals surface area contributed by atoms with Gasteiger partial charge in [-0.15, -0.1) is 0 Å². The third kappa shape index (κ3) is 2.59. The molecule has 0 fully saturated rings. The van der Waals surface area contributed by atoms with Gasteiger partial charge in [0.05, 0.1) is 17.4 Å². The molecule has 2 aliphatic heterocycles. The van der Waals surface area contributed by atoms with E-state index >= 15 is 0 Å². The Kier molecular flexibility index (Phi) is 4.01. The van der Waals surface area contributed by atoms with Crippen molar-refractivity contribution in [2.45, 2.75) is 32.0 Å². The molecule has 3 aliphatic rings. The molecular weight excluding hydrogens is 378 g/mol. The summed E-state index contributed by atoms with van der Waals surface area (Å²) >= 11 is 0. The highest BCUT2D eigenvalue weighted by Crippen LogP contribution is 2.51. The maximum Gasteiger partial charge on any atom is 0.103 e. The number of benzene rings is 3. The van der Waals surface area contributed by atoms with E-state index < -0.39 is 0 Å². The predicted octanol–water partition coefficient (Wildman–Crippen LogP) is 6.44. The molecule has 2 heterocycles. The van der Waals surface area contributed by atoms with E-state index in [0.29, 0.717) is 5.92 Å². The summed E-state index contributed by atoms with van der Waals surface area (Å²) in [5.74, 6) is 0.367. The Morgan fingerprint density at radius 3 is 2.10 bits per heavy atom. The minimum absolute atomic E-state index is 0.267. The molecule has 0 saturated carbocycles. The van der Waals surface area contributed by atoms with Crippen molar-refractivity contribution < 1.29 is 0 Å². The second-order valence-corrected chi connectivity index (χ2v) is 8.78. The molecule has 0 aromatic heterocycles. The standard InChI is InChI=1S/C28H27N3/c1-19-17-23-22-13-7-8-14-24(22)31(21-11-5-4-6-12-21)28(23)18-27(19)30-20(2)29(3)25-15-9-10-16-26(25)30/h4-18,20,23,28H,1-3H3. The Hall–Kier alpha value is -3.46. The van der Waals surface area contributed by atoms with Gasteiger partial charge in [-0.3, -0.25) is 0 Å². The smallest absolute Gasteiger partial charge is 0.103 e. The SMILES string of the molecule is CC1=CC2c3ccccc3N(c3ccccc3)C2C=C1N1c2ccccc2N(C)C1C. The van der Waals surface area contributed by atoms with Crippen LogP contribution in [-0.2, 0) is 0 Å². The highest BCUT2D eigenvalue weighted by molar-refractivity contribution is 5.82. The lowest BCUT2D eigenvalue weighted by Crippen LogP contribution is -2.40. The molecule has 0 bridgehead atoms. The van der Waals surface area contributed by atoms with Gasteiger partial charge in [0.2, 0.25) is 0 Å². The van der Waals surface area contributed by atoms with E-state index in [2.05, 4.69) is 127 Å². The average Bonchev–Trinajstić information content (AvgIpc) is 3.25. The van der Waals surface area contributed by atoms with Crippen molar-refractivity contribution in [1.82, 2.24) is 0 Å². The van der Waals surface area contributed by atoms with Crippen molar-refractivity contribution >= 4 is 22.7 Å². The van der Waals surface area contributed by atoms with Gasteiger partial charge in [-0.1, -0.05) is 54.6 Å². The largest absolute Gasteiger partial charge is 0.353 e. The molecule has 3 heteroatoms. The van der Waals surface area contributed by atoms with Crippen molar-refractivity contribution in [3.8, 4) is 0 Å². The molecule has 1 aliphatic carbocycles. The van der Waals surface area contributed by atoms with E-state index in [4.69, 9.17) is 0 Å². The molecule has 0 amide bonds. The van der Waals surface area contributed by atoms with E-state index in [1.54, 1.807) is 0 Å². The fraction of sp³-hybridized carbons (Fsp3) is 0.214. The number of hydrogen-bond donors (Lipinski definition) is 0. The van der Waals surface area contributed by atoms with Crippen molar-refractivity contribution in [3.63, 3.8) is 0 Å². The maximum atomic E-state index is 2.51. The summed E-state index contributed by atoms with van der Waals surface area (Å²) in [4.78, 5) is 7.39. The van der Waals surface area contributed by atoms with Crippen LogP contribution in [0.5, 0.6) is 0 Å². The average molecular weight is 406 g/mol. The molecule has 0 N–H and O–H groups in total. The summed E-state index contributed by atoms with van der Waals surface area (Å²) in [5.41, 5.74) is 9.23. The summed E-state index contributed by atoms with van der Waals surface area (Å²) < 4.78 is 0. The topological polar surface area (TPSA) is 9.72 Å². The first-order valence-corrected chi connectivity index (χ1v) is 11.1. The van der Waals surface area contributed by atoms with Crippen molar-refractivity contribution in [1.29, 1.82) is 0 Å². The zero-order valence-corrected chi connectivity index (χ0v) is 18.2. The third-order valence-electron chi connectivity index (χ3n) is 7.13. The number of allylic oxidation sites excluding steroid dienone is 1. The highest BCUT2D eigenvalue weighted by atomic mass is 15.4. The van der Waals surface area contributed by atoms with Crippen LogP contribution in [0.3, 0.4) is 0 Å². The zero-order valence-electron chi connectivity index (χ0n) is 18.2. The van der Waals surface area contributed by atoms with Crippen LogP contribution in [-0.4, -0.2) is 19.3 Å². The van der Waals surface area contributed by atoms with Gasteiger partial charge in [-0.2, -0.15) is 0 Å². The first-order chi connectivity index (χ1) is 15.1. The lowest BCUT2D eigenvalue weighted by molar-refractivity contribution is 0.680. The van der Waals surface area contributed by atoms with E-state index in [9.17, 15) is 0 Å². The van der Waals surface area contributed by atoms with Crippen molar-refractivity contribution in [2.75, 3.05) is 21.7 Å². The van der Waals surface area contributed by atoms with Gasteiger partial charge < -0.3 is 14.7 Å². The van der Waals surface area contributed by atoms with Gasteiger partial charge in [0.1, 0.15) is 6.17 Å². The van der Waals surface area contributed by atoms with E-state index in [1.165, 1.54) is 39.6 Å². The van der Waals surface area contributed by atoms with Gasteiger partial charge in [0.15, 0.2) is 0 Å². The normalized spacial score (nSPS) is 23.8. The number of para-hydroxylation sites is 4. The van der Waals surface area contributed by atoms with Gasteiger partial charge in [0.25, 0.3) is 0 Å². The van der Waals surface area contributed by atoms with Crippen molar-refractivity contribution in [3.05, 3.63) is 108 Å². The van der Waals surface area contributed by atoms with Gasteiger partial charge in [-0.25, -0.2) is 0 Å². The third-order valence-corrected chi connectivity index (χ3v) is 7.13. The quantitative estimate of drug-likeness (QED) is 0.486. The van der Waals surface area contributed by atoms with Gasteiger partial charge >= 0.3 is 0 Å². The molecule has 0 saturated heterocycles. The number of anilines is 4. The maximum absolute atomic E-state index is 2.51. The van der Waals surface area contributed by atoms with Gasteiger partial charge in [-0.05, 0) is 61.4 Å². The summed E-state index contributed by atoms with van der Waals surface area (Å²) in [6.07, 6.45) is 5.26. The van der Waals surface area contributed by atoms with Crippen molar-refractivity contribution in [2.24, 2.45) is 0 Å². The van der Waals surface area contributed by atoms with Crippen LogP contribution in [0, 0.1) is 0 Å². The monoisotopic (exact) mass is 405 g/mol. The summed E-state index contributed by atoms with van der Waals surface area (Å²) in [7, 11) is 2.19. The molecule has 3 aromatic rings. The molecule has 3 aromatic carbocycles. The van der Waals surface area contributed by atoms with Crippen LogP contribution >= 0.6 is 0 Å². The van der Waals surface area contributed by atoms with Gasteiger partial charge in [0, 0.05) is 30.0 Å². The first-order valence-electron chi connectivity index (χ1n) is 11.1. The Morgan fingerprint density at radius 2 is 1.32 bits per heavy atom. The van der Waals surface area contributed by atoms with E-state index in [0.717, 1.165) is 0 Å². The molecule has 6 rings (SSSR count). The molecule has 154 valence electrons. The van der Waals surface area contributed by atoms with Crippen LogP contribution in [0.2, 0.25) is 0 Å². The van der Waals surface area contributed by atoms with E-state index in [-0.39, 0.29) is 12.2 Å². The molecule has 3 unspecified atom stereocenters. The minimum atomic E-state index is 0.267. The van der Waals surface area contributed by atoms with Crippen LogP contribution in [0.1, 0.15) is 25.3 Å². The Balaban J connectivity index is 1.50. The molecule has 0 spiro atoms. The Bertz CT molecular complexity index is 1210. The highest BCUT2D eigenvalue weighted by Gasteiger charge is 2.41. The second kappa shape index (κ2) is 6.78. The fourth-order valence-corrected chi connectivity index (χ4v) is 5.55. The molecule has 0 radical (unpaired) electrons. The summed E-state index contributed by atoms with van der Waals surface area (Å²) in [6, 6.07) is 28.7. The molecule has 31 heavy (non-hydrogen) atoms. The predicted molar refractivity (Wildman–Crippen MR) is 130 cm³/mol. The number of fused-ring (bicyclic) bond motifs is 4. The fourth-order valence-electron chi connectivity index (χ4n) is 5.55. The summed E-state index contributed by atoms with van der Waals surface area (Å²) in [6.45, 7) is 4.56. The number of rotatable bonds is 2. The van der Waals surface area contributed by atoms with Crippen LogP contribution in [0.4, 0.5) is 22.7 Å².